The molecule has 0 bridgehead atoms. The molecule has 0 saturated carbocycles. The van der Waals surface area contributed by atoms with Gasteiger partial charge in [0.25, 0.3) is 0 Å². The van der Waals surface area contributed by atoms with Crippen molar-refractivity contribution in [2.45, 2.75) is 18.4 Å². The molecule has 0 aromatic heterocycles. The van der Waals surface area contributed by atoms with Crippen LogP contribution in [0.2, 0.25) is 0 Å². The van der Waals surface area contributed by atoms with E-state index in [-0.39, 0.29) is 0 Å². The molecule has 2 nitrogen and oxygen atoms in total. The first-order valence-electron chi connectivity index (χ1n) is 3.65. The summed E-state index contributed by atoms with van der Waals surface area (Å²) in [4.78, 5) is 0. The Labute approximate surface area is 60.2 Å². The second-order valence-corrected chi connectivity index (χ2v) is 2.92. The minimum atomic E-state index is -0.547. The van der Waals surface area contributed by atoms with Crippen LogP contribution in [0.25, 0.3) is 0 Å². The summed E-state index contributed by atoms with van der Waals surface area (Å²) < 4.78 is 0. The fourth-order valence-corrected chi connectivity index (χ4v) is 1.56. The normalized spacial score (nSPS) is 36.7. The zero-order valence-corrected chi connectivity index (χ0v) is 5.80. The molecule has 0 aromatic carbocycles. The summed E-state index contributed by atoms with van der Waals surface area (Å²) in [7, 11) is 0. The van der Waals surface area contributed by atoms with Gasteiger partial charge in [-0.3, -0.25) is 0 Å². The molecule has 1 saturated heterocycles. The van der Waals surface area contributed by atoms with Crippen molar-refractivity contribution >= 4 is 0 Å². The molecule has 0 radical (unpaired) electrons. The lowest BCUT2D eigenvalue weighted by atomic mass is 9.92. The van der Waals surface area contributed by atoms with Crippen LogP contribution in [0.4, 0.5) is 0 Å². The first-order chi connectivity index (χ1) is 4.81. The average Bonchev–Trinajstić information content (AvgIpc) is 2.29. The molecule has 2 heteroatoms. The third kappa shape index (κ3) is 0.688. The van der Waals surface area contributed by atoms with Crippen LogP contribution in [0.3, 0.4) is 0 Å². The van der Waals surface area contributed by atoms with Crippen LogP contribution in [0.1, 0.15) is 12.8 Å². The van der Waals surface area contributed by atoms with Gasteiger partial charge in [-0.1, -0.05) is 12.2 Å². The fourth-order valence-electron chi connectivity index (χ4n) is 1.56. The SMILES string of the molecule is OC12CC=CC=C1NCC2. The van der Waals surface area contributed by atoms with E-state index in [1.807, 2.05) is 18.2 Å². The second-order valence-electron chi connectivity index (χ2n) is 2.92. The average molecular weight is 137 g/mol. The van der Waals surface area contributed by atoms with Crippen LogP contribution in [-0.4, -0.2) is 17.3 Å². The largest absolute Gasteiger partial charge is 0.386 e. The summed E-state index contributed by atoms with van der Waals surface area (Å²) in [6.07, 6.45) is 7.57. The maximum absolute atomic E-state index is 9.83. The Morgan fingerprint density at radius 2 is 2.50 bits per heavy atom. The van der Waals surface area contributed by atoms with Gasteiger partial charge >= 0.3 is 0 Å². The van der Waals surface area contributed by atoms with Crippen molar-refractivity contribution in [3.8, 4) is 0 Å². The van der Waals surface area contributed by atoms with Gasteiger partial charge in [-0.05, 0) is 12.5 Å². The molecule has 2 N–H and O–H groups in total. The summed E-state index contributed by atoms with van der Waals surface area (Å²) in [5, 5.41) is 13.0. The van der Waals surface area contributed by atoms with E-state index in [1.165, 1.54) is 0 Å². The van der Waals surface area contributed by atoms with E-state index in [0.29, 0.717) is 0 Å². The molecule has 0 spiro atoms. The van der Waals surface area contributed by atoms with E-state index < -0.39 is 5.60 Å². The number of rotatable bonds is 0. The lowest BCUT2D eigenvalue weighted by Crippen LogP contribution is -2.29. The van der Waals surface area contributed by atoms with Crippen molar-refractivity contribution in [2.75, 3.05) is 6.54 Å². The summed E-state index contributed by atoms with van der Waals surface area (Å²) in [6.45, 7) is 0.907. The predicted molar refractivity (Wildman–Crippen MR) is 39.4 cm³/mol. The summed E-state index contributed by atoms with van der Waals surface area (Å²) in [6, 6.07) is 0. The van der Waals surface area contributed by atoms with Gasteiger partial charge < -0.3 is 10.4 Å². The highest BCUT2D eigenvalue weighted by Crippen LogP contribution is 2.30. The number of allylic oxidation sites excluding steroid dienone is 2. The van der Waals surface area contributed by atoms with Crippen molar-refractivity contribution < 1.29 is 5.11 Å². The lowest BCUT2D eigenvalue weighted by Gasteiger charge is -2.23. The van der Waals surface area contributed by atoms with Crippen molar-refractivity contribution in [1.82, 2.24) is 5.32 Å². The molecule has 0 amide bonds. The standard InChI is InChI=1S/C8H11NO/c10-8-4-2-1-3-7(8)9-6-5-8/h1-3,9-10H,4-6H2. The minimum absolute atomic E-state index is 0.547. The van der Waals surface area contributed by atoms with E-state index in [1.54, 1.807) is 0 Å². The third-order valence-corrected chi connectivity index (χ3v) is 2.21. The fraction of sp³-hybridized carbons (Fsp3) is 0.500. The Kier molecular flexibility index (Phi) is 1.11. The van der Waals surface area contributed by atoms with Crippen molar-refractivity contribution in [3.05, 3.63) is 23.9 Å². The number of hydrogen-bond donors (Lipinski definition) is 2. The van der Waals surface area contributed by atoms with Crippen LogP contribution in [-0.2, 0) is 0 Å². The molecule has 2 aliphatic rings. The van der Waals surface area contributed by atoms with Gasteiger partial charge in [0.1, 0.15) is 5.60 Å². The van der Waals surface area contributed by atoms with Crippen LogP contribution >= 0.6 is 0 Å². The quantitative estimate of drug-likeness (QED) is 0.511. The molecule has 0 aromatic rings. The van der Waals surface area contributed by atoms with Gasteiger partial charge in [-0.2, -0.15) is 0 Å². The van der Waals surface area contributed by atoms with E-state index in [9.17, 15) is 5.11 Å². The van der Waals surface area contributed by atoms with Crippen LogP contribution in [0.5, 0.6) is 0 Å². The number of hydrogen-bond acceptors (Lipinski definition) is 2. The smallest absolute Gasteiger partial charge is 0.109 e. The molecule has 1 aliphatic heterocycles. The van der Waals surface area contributed by atoms with E-state index in [2.05, 4.69) is 5.32 Å². The van der Waals surface area contributed by atoms with Gasteiger partial charge in [0.15, 0.2) is 0 Å². The third-order valence-electron chi connectivity index (χ3n) is 2.21. The molecule has 54 valence electrons. The molecule has 1 fully saturated rings. The van der Waals surface area contributed by atoms with Crippen LogP contribution in [0, 0.1) is 0 Å². The highest BCUT2D eigenvalue weighted by molar-refractivity contribution is 5.29. The first kappa shape index (κ1) is 5.98. The topological polar surface area (TPSA) is 32.3 Å². The Hall–Kier alpha value is -0.760. The maximum atomic E-state index is 9.83. The Bertz CT molecular complexity index is 207. The van der Waals surface area contributed by atoms with E-state index in [0.717, 1.165) is 25.1 Å². The molecule has 1 heterocycles. The summed E-state index contributed by atoms with van der Waals surface area (Å²) >= 11 is 0. The molecule has 1 aliphatic carbocycles. The van der Waals surface area contributed by atoms with E-state index >= 15 is 0 Å². The molecular formula is C8H11NO. The molecule has 10 heavy (non-hydrogen) atoms. The second kappa shape index (κ2) is 1.86. The van der Waals surface area contributed by atoms with Crippen molar-refractivity contribution in [1.29, 1.82) is 0 Å². The summed E-state index contributed by atoms with van der Waals surface area (Å²) in [5.74, 6) is 0. The highest BCUT2D eigenvalue weighted by Gasteiger charge is 2.35. The first-order valence-corrected chi connectivity index (χ1v) is 3.65. The molecular weight excluding hydrogens is 126 g/mol. The zero-order chi connectivity index (χ0) is 7.03. The van der Waals surface area contributed by atoms with Crippen LogP contribution in [0.15, 0.2) is 23.9 Å². The van der Waals surface area contributed by atoms with Gasteiger partial charge in [0, 0.05) is 18.7 Å². The number of fused-ring (bicyclic) bond motifs is 1. The number of aliphatic hydroxyl groups is 1. The Morgan fingerprint density at radius 3 is 3.30 bits per heavy atom. The van der Waals surface area contributed by atoms with Crippen LogP contribution < -0.4 is 5.32 Å². The maximum Gasteiger partial charge on any atom is 0.109 e. The molecule has 1 atom stereocenters. The predicted octanol–water partition coefficient (Wildman–Crippen LogP) is 0.555. The van der Waals surface area contributed by atoms with Gasteiger partial charge in [0.2, 0.25) is 0 Å². The Morgan fingerprint density at radius 1 is 1.60 bits per heavy atom. The van der Waals surface area contributed by atoms with Crippen molar-refractivity contribution in [2.24, 2.45) is 0 Å². The molecule has 1 unspecified atom stereocenters. The molecule has 2 rings (SSSR count). The van der Waals surface area contributed by atoms with Gasteiger partial charge in [-0.25, -0.2) is 0 Å². The lowest BCUT2D eigenvalue weighted by molar-refractivity contribution is 0.0883. The van der Waals surface area contributed by atoms with Gasteiger partial charge in [0.05, 0.1) is 0 Å². The minimum Gasteiger partial charge on any atom is -0.386 e. The summed E-state index contributed by atoms with van der Waals surface area (Å²) in [5.41, 5.74) is 0.448. The van der Waals surface area contributed by atoms with Gasteiger partial charge in [-0.15, -0.1) is 0 Å². The number of nitrogens with one attached hydrogen (secondary N) is 1. The zero-order valence-electron chi connectivity index (χ0n) is 5.80. The van der Waals surface area contributed by atoms with Crippen molar-refractivity contribution in [3.63, 3.8) is 0 Å². The van der Waals surface area contributed by atoms with E-state index in [4.69, 9.17) is 0 Å². The highest BCUT2D eigenvalue weighted by atomic mass is 16.3. The monoisotopic (exact) mass is 137 g/mol. The Balaban J connectivity index is 2.34.